The number of carbonyl (C=O) groups is 2. The maximum atomic E-state index is 13.5. The average Bonchev–Trinajstić information content (AvgIpc) is 3.42. The summed E-state index contributed by atoms with van der Waals surface area (Å²) in [5.74, 6) is 3.53. The summed E-state index contributed by atoms with van der Waals surface area (Å²) in [5, 5.41) is 0. The number of fused-ring (bicyclic) bond motifs is 12. The molecule has 0 aromatic heterocycles. The van der Waals surface area contributed by atoms with Crippen molar-refractivity contribution < 1.29 is 9.59 Å². The Balaban J connectivity index is 1.41. The molecule has 1 radical (unpaired) electrons. The van der Waals surface area contributed by atoms with Crippen molar-refractivity contribution in [3.8, 4) is 0 Å². The fourth-order valence-corrected chi connectivity index (χ4v) is 7.85. The van der Waals surface area contributed by atoms with E-state index in [4.69, 9.17) is 0 Å². The number of nitrogens with zero attached hydrogens (tertiary/aromatic N) is 1. The largest absolute Gasteiger partial charge is 0.274 e. The number of hydrogen-bond donors (Lipinski definition) is 0. The third-order valence-electron chi connectivity index (χ3n) is 8.51. The van der Waals surface area contributed by atoms with Crippen LogP contribution in [0.15, 0.2) is 24.3 Å². The average molecular weight is 358 g/mol. The van der Waals surface area contributed by atoms with E-state index >= 15 is 0 Å². The van der Waals surface area contributed by atoms with Crippen molar-refractivity contribution in [3.63, 3.8) is 0 Å². The second-order valence-electron chi connectivity index (χ2n) is 9.52. The van der Waals surface area contributed by atoms with Gasteiger partial charge in [0, 0.05) is 0 Å². The van der Waals surface area contributed by atoms with Gasteiger partial charge in [0.05, 0.1) is 17.5 Å². The zero-order valence-corrected chi connectivity index (χ0v) is 16.2. The molecule has 5 aliphatic rings. The minimum absolute atomic E-state index is 0.0623. The summed E-state index contributed by atoms with van der Waals surface area (Å²) in [6.45, 7) is 6.07. The molecule has 1 aromatic carbocycles. The van der Waals surface area contributed by atoms with Crippen molar-refractivity contribution in [2.24, 2.45) is 47.3 Å². The molecule has 8 atom stereocenters. The summed E-state index contributed by atoms with van der Waals surface area (Å²) in [5.41, 5.74) is 4.04. The highest BCUT2D eigenvalue weighted by molar-refractivity contribution is 6.52. The Hall–Kier alpha value is -1.84. The second kappa shape index (κ2) is 5.15. The van der Waals surface area contributed by atoms with Gasteiger partial charge in [0.2, 0.25) is 11.8 Å². The Morgan fingerprint density at radius 2 is 1.41 bits per heavy atom. The molecule has 4 heteroatoms. The van der Waals surface area contributed by atoms with Crippen LogP contribution < -0.4 is 10.4 Å². The van der Waals surface area contributed by atoms with Gasteiger partial charge in [-0.15, -0.1) is 0 Å². The van der Waals surface area contributed by atoms with Gasteiger partial charge in [-0.3, -0.25) is 9.59 Å². The molecule has 0 N–H and O–H groups in total. The van der Waals surface area contributed by atoms with Gasteiger partial charge in [-0.2, -0.15) is 0 Å². The number of allylic oxidation sites excluding steroid dienone is 2. The third kappa shape index (κ3) is 1.80. The molecule has 3 saturated carbocycles. The smallest absolute Gasteiger partial charge is 0.238 e. The van der Waals surface area contributed by atoms with Crippen LogP contribution in [0.4, 0.5) is 5.69 Å². The van der Waals surface area contributed by atoms with Gasteiger partial charge >= 0.3 is 0 Å². The molecular weight excluding hydrogens is 333 g/mol. The maximum Gasteiger partial charge on any atom is 0.238 e. The monoisotopic (exact) mass is 358 g/mol. The molecule has 0 spiro atoms. The third-order valence-corrected chi connectivity index (χ3v) is 8.51. The molecule has 3 nitrogen and oxygen atoms in total. The standard InChI is InChI=1S/C23H25BNO2/c1-10-6-14(24-3)7-11(2)21(10)25-22(26)19-15-9-16(20(19)23(25)27)18-13-5-4-12(8-13)17(15)18/h4-7,12-13,15-20H,8-9H2,1-3H3. The van der Waals surface area contributed by atoms with E-state index in [0.29, 0.717) is 35.5 Å². The van der Waals surface area contributed by atoms with Crippen LogP contribution in [0.3, 0.4) is 0 Å². The van der Waals surface area contributed by atoms with Gasteiger partial charge in [0.1, 0.15) is 7.28 Å². The van der Waals surface area contributed by atoms with Crippen molar-refractivity contribution in [1.82, 2.24) is 0 Å². The second-order valence-corrected chi connectivity index (χ2v) is 9.52. The van der Waals surface area contributed by atoms with E-state index in [9.17, 15) is 9.59 Å². The molecule has 1 saturated heterocycles. The minimum atomic E-state index is -0.0623. The van der Waals surface area contributed by atoms with E-state index in [1.165, 1.54) is 6.42 Å². The predicted molar refractivity (Wildman–Crippen MR) is 106 cm³/mol. The van der Waals surface area contributed by atoms with Gasteiger partial charge in [0.25, 0.3) is 0 Å². The summed E-state index contributed by atoms with van der Waals surface area (Å²) >= 11 is 0. The molecule has 1 aromatic rings. The first-order chi connectivity index (χ1) is 13.0. The highest BCUT2D eigenvalue weighted by atomic mass is 16.2. The van der Waals surface area contributed by atoms with E-state index < -0.39 is 0 Å². The van der Waals surface area contributed by atoms with Crippen molar-refractivity contribution in [2.75, 3.05) is 4.90 Å². The quantitative estimate of drug-likeness (QED) is 0.353. The van der Waals surface area contributed by atoms with Gasteiger partial charge in [-0.25, -0.2) is 4.90 Å². The Kier molecular flexibility index (Phi) is 3.08. The number of aryl methyl sites for hydroxylation is 2. The van der Waals surface area contributed by atoms with Crippen LogP contribution in [-0.2, 0) is 9.59 Å². The number of amides is 2. The topological polar surface area (TPSA) is 37.4 Å². The lowest BCUT2D eigenvalue weighted by Crippen LogP contribution is -2.38. The van der Waals surface area contributed by atoms with Crippen LogP contribution >= 0.6 is 0 Å². The van der Waals surface area contributed by atoms with Crippen LogP contribution in [0.25, 0.3) is 0 Å². The maximum absolute atomic E-state index is 13.5. The van der Waals surface area contributed by atoms with Crippen molar-refractivity contribution in [2.45, 2.75) is 33.5 Å². The summed E-state index contributed by atoms with van der Waals surface area (Å²) < 4.78 is 0. The SMILES string of the molecule is C[B]c1cc(C)c(N2C(=O)C3C4CC(C3C2=O)C2C3C=CC(C3)C42)c(C)c1. The number of anilines is 1. The highest BCUT2D eigenvalue weighted by Gasteiger charge is 2.71. The molecule has 4 bridgehead atoms. The summed E-state index contributed by atoms with van der Waals surface area (Å²) in [4.78, 5) is 28.6. The summed E-state index contributed by atoms with van der Waals surface area (Å²) in [6, 6.07) is 4.18. The zero-order valence-electron chi connectivity index (χ0n) is 16.2. The van der Waals surface area contributed by atoms with E-state index in [0.717, 1.165) is 28.7 Å². The lowest BCUT2D eigenvalue weighted by molar-refractivity contribution is -0.123. The molecule has 6 rings (SSSR count). The van der Waals surface area contributed by atoms with Crippen LogP contribution in [0.5, 0.6) is 0 Å². The van der Waals surface area contributed by atoms with Gasteiger partial charge in [-0.05, 0) is 73.3 Å². The fourth-order valence-electron chi connectivity index (χ4n) is 7.85. The van der Waals surface area contributed by atoms with Crippen LogP contribution in [0, 0.1) is 61.2 Å². The summed E-state index contributed by atoms with van der Waals surface area (Å²) in [6.07, 6.45) is 7.16. The molecule has 27 heavy (non-hydrogen) atoms. The number of imide groups is 1. The van der Waals surface area contributed by atoms with Crippen molar-refractivity contribution in [3.05, 3.63) is 35.4 Å². The van der Waals surface area contributed by atoms with E-state index in [1.54, 1.807) is 4.90 Å². The first-order valence-corrected chi connectivity index (χ1v) is 10.5. The molecule has 4 aliphatic carbocycles. The minimum Gasteiger partial charge on any atom is -0.274 e. The van der Waals surface area contributed by atoms with E-state index in [-0.39, 0.29) is 23.7 Å². The molecular formula is C23H25BNO2. The van der Waals surface area contributed by atoms with Crippen molar-refractivity contribution >= 4 is 30.2 Å². The van der Waals surface area contributed by atoms with Crippen LogP contribution in [-0.4, -0.2) is 19.1 Å². The Morgan fingerprint density at radius 1 is 0.889 bits per heavy atom. The number of benzene rings is 1. The van der Waals surface area contributed by atoms with Crippen LogP contribution in [0.1, 0.15) is 24.0 Å². The first kappa shape index (κ1) is 16.1. The van der Waals surface area contributed by atoms with E-state index in [1.807, 2.05) is 20.7 Å². The molecule has 1 heterocycles. The Morgan fingerprint density at radius 3 is 1.89 bits per heavy atom. The van der Waals surface area contributed by atoms with Gasteiger partial charge in [-0.1, -0.05) is 36.6 Å². The normalized spacial score (nSPS) is 43.0. The molecule has 137 valence electrons. The highest BCUT2D eigenvalue weighted by Crippen LogP contribution is 2.70. The Labute approximate surface area is 161 Å². The number of rotatable bonds is 2. The zero-order chi connectivity index (χ0) is 18.6. The number of carbonyl (C=O) groups excluding carboxylic acids is 2. The molecule has 2 amide bonds. The summed E-state index contributed by atoms with van der Waals surface area (Å²) in [7, 11) is 2.07. The molecule has 4 fully saturated rings. The lowest BCUT2D eigenvalue weighted by atomic mass is 9.65. The Bertz CT molecular complexity index is 856. The van der Waals surface area contributed by atoms with Gasteiger partial charge in [0.15, 0.2) is 0 Å². The lowest BCUT2D eigenvalue weighted by Gasteiger charge is -2.36. The van der Waals surface area contributed by atoms with Crippen molar-refractivity contribution in [1.29, 1.82) is 0 Å². The van der Waals surface area contributed by atoms with Crippen LogP contribution in [0.2, 0.25) is 6.82 Å². The molecule has 8 unspecified atom stereocenters. The first-order valence-electron chi connectivity index (χ1n) is 10.5. The van der Waals surface area contributed by atoms with E-state index in [2.05, 4.69) is 31.6 Å². The number of hydrogen-bond acceptors (Lipinski definition) is 2. The molecule has 1 aliphatic heterocycles. The predicted octanol–water partition coefficient (Wildman–Crippen LogP) is 2.87. The van der Waals surface area contributed by atoms with Gasteiger partial charge < -0.3 is 0 Å². The fraction of sp³-hybridized carbons (Fsp3) is 0.565.